The van der Waals surface area contributed by atoms with Gasteiger partial charge in [0.15, 0.2) is 11.6 Å². The molecule has 2 N–H and O–H groups in total. The number of halogens is 1. The molecule has 32 heavy (non-hydrogen) atoms. The topological polar surface area (TPSA) is 62.3 Å². The highest BCUT2D eigenvalue weighted by Crippen LogP contribution is 2.36. The standard InChI is InChI=1S/C25H28ClN5O/c26-21-17-28-24(18-6-2-1-3-7-18)30-25(21)29-22-11-10-19(31-14-12-27-13-15-31)16-23(22)32-20-8-4-5-9-20/h1-3,6-7,10-11,16-17,20,27H,4-5,8-9,12-15H2,(H,28,29,30). The van der Waals surface area contributed by atoms with Crippen molar-refractivity contribution < 1.29 is 4.74 Å². The van der Waals surface area contributed by atoms with Gasteiger partial charge in [-0.05, 0) is 37.8 Å². The van der Waals surface area contributed by atoms with Gasteiger partial charge < -0.3 is 20.3 Å². The first-order valence-corrected chi connectivity index (χ1v) is 11.8. The van der Waals surface area contributed by atoms with E-state index >= 15 is 0 Å². The molecule has 2 aromatic carbocycles. The zero-order valence-electron chi connectivity index (χ0n) is 18.1. The summed E-state index contributed by atoms with van der Waals surface area (Å²) < 4.78 is 6.47. The molecule has 0 amide bonds. The Morgan fingerprint density at radius 3 is 2.59 bits per heavy atom. The summed E-state index contributed by atoms with van der Waals surface area (Å²) in [7, 11) is 0. The molecule has 166 valence electrons. The van der Waals surface area contributed by atoms with Crippen molar-refractivity contribution in [2.24, 2.45) is 0 Å². The maximum absolute atomic E-state index is 6.47. The van der Waals surface area contributed by atoms with Gasteiger partial charge in [0.1, 0.15) is 10.8 Å². The fourth-order valence-electron chi connectivity index (χ4n) is 4.33. The van der Waals surface area contributed by atoms with Crippen LogP contribution >= 0.6 is 11.6 Å². The summed E-state index contributed by atoms with van der Waals surface area (Å²) >= 11 is 6.47. The number of hydrogen-bond acceptors (Lipinski definition) is 6. The van der Waals surface area contributed by atoms with Crippen LogP contribution in [-0.2, 0) is 0 Å². The van der Waals surface area contributed by atoms with Gasteiger partial charge in [-0.15, -0.1) is 0 Å². The minimum Gasteiger partial charge on any atom is -0.488 e. The molecule has 1 aliphatic carbocycles. The molecule has 1 saturated carbocycles. The average molecular weight is 450 g/mol. The van der Waals surface area contributed by atoms with Crippen LogP contribution in [0.3, 0.4) is 0 Å². The fraction of sp³-hybridized carbons (Fsp3) is 0.360. The minimum absolute atomic E-state index is 0.259. The lowest BCUT2D eigenvalue weighted by Crippen LogP contribution is -2.43. The largest absolute Gasteiger partial charge is 0.488 e. The number of ether oxygens (including phenoxy) is 1. The predicted octanol–water partition coefficient (Wildman–Crippen LogP) is 5.27. The molecule has 5 rings (SSSR count). The van der Waals surface area contributed by atoms with E-state index in [9.17, 15) is 0 Å². The maximum Gasteiger partial charge on any atom is 0.161 e. The smallest absolute Gasteiger partial charge is 0.161 e. The first-order chi connectivity index (χ1) is 15.8. The third-order valence-corrected chi connectivity index (χ3v) is 6.35. The number of anilines is 3. The lowest BCUT2D eigenvalue weighted by molar-refractivity contribution is 0.211. The normalized spacial score (nSPS) is 16.8. The fourth-order valence-corrected chi connectivity index (χ4v) is 4.46. The molecule has 1 aromatic heterocycles. The van der Waals surface area contributed by atoms with Crippen LogP contribution in [0.4, 0.5) is 17.2 Å². The lowest BCUT2D eigenvalue weighted by atomic mass is 10.2. The second-order valence-electron chi connectivity index (χ2n) is 8.32. The molecule has 0 radical (unpaired) electrons. The summed E-state index contributed by atoms with van der Waals surface area (Å²) in [4.78, 5) is 11.5. The highest BCUT2D eigenvalue weighted by atomic mass is 35.5. The van der Waals surface area contributed by atoms with Crippen molar-refractivity contribution in [3.63, 3.8) is 0 Å². The highest BCUT2D eigenvalue weighted by Gasteiger charge is 2.20. The van der Waals surface area contributed by atoms with Crippen LogP contribution in [0.5, 0.6) is 5.75 Å². The third-order valence-electron chi connectivity index (χ3n) is 6.07. The van der Waals surface area contributed by atoms with E-state index in [2.05, 4.69) is 38.7 Å². The van der Waals surface area contributed by atoms with Gasteiger partial charge in [-0.3, -0.25) is 0 Å². The Kier molecular flexibility index (Phi) is 6.41. The predicted molar refractivity (Wildman–Crippen MR) is 130 cm³/mol. The zero-order valence-corrected chi connectivity index (χ0v) is 18.8. The van der Waals surface area contributed by atoms with Gasteiger partial charge in [0, 0.05) is 43.5 Å². The number of benzene rings is 2. The number of piperazine rings is 1. The van der Waals surface area contributed by atoms with Crippen LogP contribution in [0.2, 0.25) is 5.02 Å². The number of aromatic nitrogens is 2. The van der Waals surface area contributed by atoms with Gasteiger partial charge in [-0.1, -0.05) is 41.9 Å². The summed E-state index contributed by atoms with van der Waals surface area (Å²) in [6.07, 6.45) is 6.56. The van der Waals surface area contributed by atoms with E-state index in [1.165, 1.54) is 18.5 Å². The molecule has 1 aliphatic heterocycles. The minimum atomic E-state index is 0.259. The molecule has 3 aromatic rings. The number of rotatable bonds is 6. The summed E-state index contributed by atoms with van der Waals surface area (Å²) in [5, 5.41) is 7.30. The SMILES string of the molecule is Clc1cnc(-c2ccccc2)nc1Nc1ccc(N2CCNCC2)cc1OC1CCCC1. The Balaban J connectivity index is 1.45. The van der Waals surface area contributed by atoms with Gasteiger partial charge in [0.25, 0.3) is 0 Å². The lowest BCUT2D eigenvalue weighted by Gasteiger charge is -2.30. The molecule has 0 unspecified atom stereocenters. The van der Waals surface area contributed by atoms with Crippen molar-refractivity contribution in [3.05, 3.63) is 59.8 Å². The summed E-state index contributed by atoms with van der Waals surface area (Å²) in [6.45, 7) is 3.98. The van der Waals surface area contributed by atoms with Crippen LogP contribution in [0.15, 0.2) is 54.7 Å². The first-order valence-electron chi connectivity index (χ1n) is 11.4. The Bertz CT molecular complexity index is 1050. The van der Waals surface area contributed by atoms with E-state index in [1.54, 1.807) is 6.20 Å². The monoisotopic (exact) mass is 449 g/mol. The van der Waals surface area contributed by atoms with Crippen LogP contribution < -0.4 is 20.3 Å². The van der Waals surface area contributed by atoms with Crippen molar-refractivity contribution in [1.29, 1.82) is 0 Å². The number of nitrogens with zero attached hydrogens (tertiary/aromatic N) is 3. The van der Waals surface area contributed by atoms with Crippen molar-refractivity contribution in [2.45, 2.75) is 31.8 Å². The van der Waals surface area contributed by atoms with E-state index in [4.69, 9.17) is 21.3 Å². The molecule has 7 heteroatoms. The Morgan fingerprint density at radius 2 is 1.81 bits per heavy atom. The van der Waals surface area contributed by atoms with Crippen LogP contribution in [0.25, 0.3) is 11.4 Å². The molecule has 2 heterocycles. The molecule has 0 spiro atoms. The molecule has 2 fully saturated rings. The van der Waals surface area contributed by atoms with Crippen molar-refractivity contribution in [3.8, 4) is 17.1 Å². The van der Waals surface area contributed by atoms with Crippen LogP contribution in [0.1, 0.15) is 25.7 Å². The molecule has 2 aliphatic rings. The van der Waals surface area contributed by atoms with Gasteiger partial charge >= 0.3 is 0 Å². The number of nitrogens with one attached hydrogen (secondary N) is 2. The highest BCUT2D eigenvalue weighted by molar-refractivity contribution is 6.33. The Hall–Kier alpha value is -2.83. The molecular weight excluding hydrogens is 422 g/mol. The second kappa shape index (κ2) is 9.76. The van der Waals surface area contributed by atoms with Crippen molar-refractivity contribution in [1.82, 2.24) is 15.3 Å². The zero-order chi connectivity index (χ0) is 21.8. The Labute approximate surface area is 194 Å². The average Bonchev–Trinajstić information content (AvgIpc) is 3.36. The van der Waals surface area contributed by atoms with E-state index < -0.39 is 0 Å². The molecule has 1 saturated heterocycles. The van der Waals surface area contributed by atoms with Crippen LogP contribution in [0, 0.1) is 0 Å². The van der Waals surface area contributed by atoms with Gasteiger partial charge in [0.05, 0.1) is 18.0 Å². The molecule has 0 bridgehead atoms. The van der Waals surface area contributed by atoms with Crippen molar-refractivity contribution >= 4 is 28.8 Å². The van der Waals surface area contributed by atoms with E-state index in [0.29, 0.717) is 16.7 Å². The second-order valence-corrected chi connectivity index (χ2v) is 8.73. The van der Waals surface area contributed by atoms with Crippen LogP contribution in [-0.4, -0.2) is 42.3 Å². The van der Waals surface area contributed by atoms with E-state index in [1.807, 2.05) is 30.3 Å². The molecule has 6 nitrogen and oxygen atoms in total. The van der Waals surface area contributed by atoms with Gasteiger partial charge in [0.2, 0.25) is 0 Å². The summed E-state index contributed by atoms with van der Waals surface area (Å²) in [6, 6.07) is 16.3. The first kappa shape index (κ1) is 21.0. The van der Waals surface area contributed by atoms with Crippen molar-refractivity contribution in [2.75, 3.05) is 36.4 Å². The third kappa shape index (κ3) is 4.81. The van der Waals surface area contributed by atoms with Gasteiger partial charge in [-0.2, -0.15) is 0 Å². The summed E-state index contributed by atoms with van der Waals surface area (Å²) in [5.41, 5.74) is 3.00. The van der Waals surface area contributed by atoms with E-state index in [-0.39, 0.29) is 6.10 Å². The number of hydrogen-bond donors (Lipinski definition) is 2. The quantitative estimate of drug-likeness (QED) is 0.534. The molecular formula is C25H28ClN5O. The Morgan fingerprint density at radius 1 is 1.03 bits per heavy atom. The summed E-state index contributed by atoms with van der Waals surface area (Å²) in [5.74, 6) is 2.06. The van der Waals surface area contributed by atoms with Gasteiger partial charge in [-0.25, -0.2) is 9.97 Å². The van der Waals surface area contributed by atoms with E-state index in [0.717, 1.165) is 56.0 Å². The molecule has 0 atom stereocenters. The maximum atomic E-state index is 6.47.